The summed E-state index contributed by atoms with van der Waals surface area (Å²) in [5.41, 5.74) is 0.900. The molecule has 1 heterocycles. The second kappa shape index (κ2) is 6.93. The van der Waals surface area contributed by atoms with Crippen molar-refractivity contribution >= 4 is 44.2 Å². The van der Waals surface area contributed by atoms with Crippen LogP contribution in [-0.2, 0) is 14.5 Å². The van der Waals surface area contributed by atoms with Gasteiger partial charge in [-0.3, -0.25) is 9.59 Å². The standard InChI is InChI=1S/C15H14N2O5S2/c1-17(2)14(19)10-3-5-11(6-4-10)16-24(22,9-18)13-8-7-12(23-13)15(20)21/h3-9H,1-2H3,(H,20,21). The van der Waals surface area contributed by atoms with E-state index < -0.39 is 15.7 Å². The zero-order chi connectivity index (χ0) is 17.9. The SMILES string of the molecule is CN(C)C(=O)c1ccc(N=S(=O)(C=O)c2ccc(C(=O)O)s2)cc1. The van der Waals surface area contributed by atoms with Crippen molar-refractivity contribution in [1.29, 1.82) is 0 Å². The fourth-order valence-electron chi connectivity index (χ4n) is 1.79. The van der Waals surface area contributed by atoms with Gasteiger partial charge in [-0.2, -0.15) is 4.36 Å². The van der Waals surface area contributed by atoms with Gasteiger partial charge in [0.05, 0.1) is 5.69 Å². The van der Waals surface area contributed by atoms with E-state index in [2.05, 4.69) is 4.36 Å². The predicted octanol–water partition coefficient (Wildman–Crippen LogP) is 2.50. The maximum atomic E-state index is 12.7. The molecule has 1 atom stereocenters. The number of carbonyl (C=O) groups excluding carboxylic acids is 2. The molecule has 0 saturated carbocycles. The minimum atomic E-state index is -3.42. The first kappa shape index (κ1) is 17.8. The molecular weight excluding hydrogens is 352 g/mol. The summed E-state index contributed by atoms with van der Waals surface area (Å²) < 4.78 is 16.7. The molecular formula is C15H14N2O5S2. The number of carbonyl (C=O) groups is 3. The number of amides is 1. The van der Waals surface area contributed by atoms with Gasteiger partial charge in [-0.05, 0) is 36.4 Å². The first-order valence-electron chi connectivity index (χ1n) is 6.64. The highest BCUT2D eigenvalue weighted by atomic mass is 32.2. The van der Waals surface area contributed by atoms with E-state index in [1.807, 2.05) is 0 Å². The molecule has 2 aromatic rings. The first-order valence-corrected chi connectivity index (χ1v) is 9.03. The summed E-state index contributed by atoms with van der Waals surface area (Å²) in [5, 5.41) is 8.92. The van der Waals surface area contributed by atoms with Crippen LogP contribution >= 0.6 is 11.3 Å². The van der Waals surface area contributed by atoms with Crippen molar-refractivity contribution in [3.8, 4) is 0 Å². The van der Waals surface area contributed by atoms with Crippen LogP contribution in [0.5, 0.6) is 0 Å². The third-order valence-electron chi connectivity index (χ3n) is 2.97. The smallest absolute Gasteiger partial charge is 0.345 e. The molecule has 2 rings (SSSR count). The predicted molar refractivity (Wildman–Crippen MR) is 91.0 cm³/mol. The molecule has 1 N–H and O–H groups in total. The third kappa shape index (κ3) is 3.69. The van der Waals surface area contributed by atoms with Gasteiger partial charge in [-0.1, -0.05) is 0 Å². The molecule has 1 aromatic heterocycles. The van der Waals surface area contributed by atoms with E-state index in [1.54, 1.807) is 14.1 Å². The van der Waals surface area contributed by atoms with Gasteiger partial charge in [0.15, 0.2) is 0 Å². The Hall–Kier alpha value is -2.52. The van der Waals surface area contributed by atoms with E-state index in [4.69, 9.17) is 5.11 Å². The van der Waals surface area contributed by atoms with E-state index in [0.29, 0.717) is 5.56 Å². The van der Waals surface area contributed by atoms with Gasteiger partial charge in [-0.15, -0.1) is 11.3 Å². The van der Waals surface area contributed by atoms with Crippen LogP contribution in [0.25, 0.3) is 0 Å². The molecule has 0 aliphatic carbocycles. The van der Waals surface area contributed by atoms with Crippen molar-refractivity contribution in [3.05, 3.63) is 46.8 Å². The van der Waals surface area contributed by atoms with Gasteiger partial charge in [0.2, 0.25) is 5.62 Å². The largest absolute Gasteiger partial charge is 0.477 e. The molecule has 0 fully saturated rings. The normalized spacial score (nSPS) is 12.9. The molecule has 0 bridgehead atoms. The summed E-state index contributed by atoms with van der Waals surface area (Å²) in [7, 11) is -0.173. The fourth-order valence-corrected chi connectivity index (χ4v) is 4.26. The molecule has 0 saturated heterocycles. The quantitative estimate of drug-likeness (QED) is 0.819. The number of aromatic carboxylic acids is 1. The average molecular weight is 366 g/mol. The van der Waals surface area contributed by atoms with E-state index in [-0.39, 0.29) is 26.3 Å². The number of rotatable bonds is 5. The lowest BCUT2D eigenvalue weighted by atomic mass is 10.2. The van der Waals surface area contributed by atoms with Crippen LogP contribution in [0.1, 0.15) is 20.0 Å². The minimum absolute atomic E-state index is 0.0262. The van der Waals surface area contributed by atoms with Crippen LogP contribution in [0.4, 0.5) is 5.69 Å². The second-order valence-corrected chi connectivity index (χ2v) is 8.22. The molecule has 0 spiro atoms. The average Bonchev–Trinajstić information content (AvgIpc) is 3.05. The van der Waals surface area contributed by atoms with Crippen LogP contribution < -0.4 is 0 Å². The Morgan fingerprint density at radius 2 is 1.79 bits per heavy atom. The molecule has 7 nitrogen and oxygen atoms in total. The Morgan fingerprint density at radius 3 is 2.25 bits per heavy atom. The minimum Gasteiger partial charge on any atom is -0.477 e. The summed E-state index contributed by atoms with van der Waals surface area (Å²) in [6, 6.07) is 8.58. The molecule has 126 valence electrons. The van der Waals surface area contributed by atoms with Crippen molar-refractivity contribution in [2.75, 3.05) is 14.1 Å². The van der Waals surface area contributed by atoms with E-state index >= 15 is 0 Å². The molecule has 9 heteroatoms. The second-order valence-electron chi connectivity index (χ2n) is 4.93. The van der Waals surface area contributed by atoms with Crippen molar-refractivity contribution in [2.45, 2.75) is 4.21 Å². The highest BCUT2D eigenvalue weighted by Crippen LogP contribution is 2.26. The van der Waals surface area contributed by atoms with Gasteiger partial charge in [-0.25, -0.2) is 9.00 Å². The van der Waals surface area contributed by atoms with Crippen molar-refractivity contribution in [1.82, 2.24) is 4.90 Å². The summed E-state index contributed by atoms with van der Waals surface area (Å²) in [5.74, 6) is -1.35. The molecule has 1 unspecified atom stereocenters. The van der Waals surface area contributed by atoms with Crippen molar-refractivity contribution < 1.29 is 23.7 Å². The highest BCUT2D eigenvalue weighted by Gasteiger charge is 2.17. The lowest BCUT2D eigenvalue weighted by Crippen LogP contribution is -2.21. The zero-order valence-electron chi connectivity index (χ0n) is 12.8. The van der Waals surface area contributed by atoms with Gasteiger partial charge in [0.25, 0.3) is 5.91 Å². The summed E-state index contributed by atoms with van der Waals surface area (Å²) in [6.45, 7) is 0. The maximum Gasteiger partial charge on any atom is 0.345 e. The van der Waals surface area contributed by atoms with Gasteiger partial charge >= 0.3 is 5.97 Å². The van der Waals surface area contributed by atoms with Crippen molar-refractivity contribution in [2.24, 2.45) is 4.36 Å². The lowest BCUT2D eigenvalue weighted by molar-refractivity contribution is 0.0701. The maximum absolute atomic E-state index is 12.7. The van der Waals surface area contributed by atoms with Crippen LogP contribution in [0, 0.1) is 0 Å². The lowest BCUT2D eigenvalue weighted by Gasteiger charge is -2.09. The highest BCUT2D eigenvalue weighted by molar-refractivity contribution is 8.07. The van der Waals surface area contributed by atoms with Crippen LogP contribution in [0.2, 0.25) is 0 Å². The van der Waals surface area contributed by atoms with Crippen LogP contribution in [0.15, 0.2) is 45.0 Å². The Labute approximate surface area is 142 Å². The topological polar surface area (TPSA) is 104 Å². The number of benzene rings is 1. The number of carboxylic acids is 1. The van der Waals surface area contributed by atoms with Gasteiger partial charge in [0.1, 0.15) is 18.8 Å². The summed E-state index contributed by atoms with van der Waals surface area (Å²) >= 11 is 0.743. The molecule has 0 aliphatic rings. The first-order chi connectivity index (χ1) is 11.3. The van der Waals surface area contributed by atoms with Crippen LogP contribution in [0.3, 0.4) is 0 Å². The number of nitrogens with zero attached hydrogens (tertiary/aromatic N) is 2. The summed E-state index contributed by atoms with van der Waals surface area (Å²) in [6.07, 6.45) is 0. The fraction of sp³-hybridized carbons (Fsp3) is 0.133. The Bertz CT molecular complexity index is 906. The molecule has 1 aromatic carbocycles. The number of hydrogen-bond donors (Lipinski definition) is 1. The zero-order valence-corrected chi connectivity index (χ0v) is 14.5. The molecule has 1 amide bonds. The molecule has 24 heavy (non-hydrogen) atoms. The van der Waals surface area contributed by atoms with Gasteiger partial charge < -0.3 is 10.0 Å². The monoisotopic (exact) mass is 366 g/mol. The van der Waals surface area contributed by atoms with E-state index in [0.717, 1.165) is 11.3 Å². The van der Waals surface area contributed by atoms with Crippen molar-refractivity contribution in [3.63, 3.8) is 0 Å². The Kier molecular flexibility index (Phi) is 5.15. The van der Waals surface area contributed by atoms with E-state index in [1.165, 1.54) is 41.3 Å². The third-order valence-corrected chi connectivity index (χ3v) is 6.26. The van der Waals surface area contributed by atoms with Crippen LogP contribution in [-0.4, -0.2) is 45.8 Å². The Balaban J connectivity index is 2.42. The summed E-state index contributed by atoms with van der Waals surface area (Å²) in [4.78, 5) is 35.4. The number of carboxylic acid groups (broad SMARTS) is 1. The number of hydrogen-bond acceptors (Lipinski definition) is 6. The number of thiophene rings is 1. The van der Waals surface area contributed by atoms with Gasteiger partial charge in [0, 0.05) is 19.7 Å². The molecule has 0 aliphatic heterocycles. The molecule has 0 radical (unpaired) electrons. The Morgan fingerprint density at radius 1 is 1.17 bits per heavy atom. The van der Waals surface area contributed by atoms with E-state index in [9.17, 15) is 18.6 Å².